The first-order chi connectivity index (χ1) is 12.1. The van der Waals surface area contributed by atoms with E-state index in [1.54, 1.807) is 24.3 Å². The summed E-state index contributed by atoms with van der Waals surface area (Å²) < 4.78 is 5.42. The third kappa shape index (κ3) is 3.36. The SMILES string of the molecule is O=C(OCc1ccccc1)N1CCCCC1(C(=O)O)c1ccccc1. The molecule has 2 aromatic rings. The molecule has 1 aliphatic heterocycles. The fraction of sp³-hybridized carbons (Fsp3) is 0.300. The number of amides is 1. The number of carbonyl (C=O) groups excluding carboxylic acids is 1. The summed E-state index contributed by atoms with van der Waals surface area (Å²) in [5.74, 6) is -1.02. The van der Waals surface area contributed by atoms with Crippen LogP contribution in [-0.2, 0) is 21.7 Å². The van der Waals surface area contributed by atoms with E-state index in [1.165, 1.54) is 4.90 Å². The van der Waals surface area contributed by atoms with Crippen LogP contribution < -0.4 is 0 Å². The van der Waals surface area contributed by atoms with Crippen molar-refractivity contribution in [3.05, 3.63) is 71.8 Å². The van der Waals surface area contributed by atoms with E-state index >= 15 is 0 Å². The standard InChI is InChI=1S/C20H21NO4/c22-18(23)20(17-11-5-2-6-12-17)13-7-8-14-21(20)19(24)25-15-16-9-3-1-4-10-16/h1-6,9-12H,7-8,13-15H2,(H,22,23). The third-order valence-electron chi connectivity index (χ3n) is 4.66. The Hall–Kier alpha value is -2.82. The molecular formula is C20H21NO4. The van der Waals surface area contributed by atoms with Crippen LogP contribution in [0.25, 0.3) is 0 Å². The normalized spacial score (nSPS) is 20.1. The van der Waals surface area contributed by atoms with Crippen LogP contribution in [0.1, 0.15) is 30.4 Å². The molecule has 2 aromatic carbocycles. The number of hydrogen-bond donors (Lipinski definition) is 1. The van der Waals surface area contributed by atoms with Crippen LogP contribution in [0.3, 0.4) is 0 Å². The fourth-order valence-electron chi connectivity index (χ4n) is 3.38. The van der Waals surface area contributed by atoms with Gasteiger partial charge in [0, 0.05) is 6.54 Å². The zero-order chi connectivity index (χ0) is 17.7. The molecular weight excluding hydrogens is 318 g/mol. The van der Waals surface area contributed by atoms with E-state index < -0.39 is 17.6 Å². The lowest BCUT2D eigenvalue weighted by Gasteiger charge is -2.43. The minimum absolute atomic E-state index is 0.126. The predicted molar refractivity (Wildman–Crippen MR) is 92.9 cm³/mol. The Balaban J connectivity index is 1.86. The van der Waals surface area contributed by atoms with E-state index in [2.05, 4.69) is 0 Å². The molecule has 0 radical (unpaired) electrons. The molecule has 0 spiro atoms. The highest BCUT2D eigenvalue weighted by molar-refractivity contribution is 5.86. The van der Waals surface area contributed by atoms with E-state index in [0.29, 0.717) is 18.5 Å². The number of aliphatic carboxylic acids is 1. The predicted octanol–water partition coefficient (Wildman–Crippen LogP) is 3.79. The van der Waals surface area contributed by atoms with Crippen molar-refractivity contribution in [2.45, 2.75) is 31.4 Å². The number of ether oxygens (including phenoxy) is 1. The molecule has 1 aliphatic rings. The van der Waals surface area contributed by atoms with Crippen molar-refractivity contribution in [3.8, 4) is 0 Å². The van der Waals surface area contributed by atoms with Crippen molar-refractivity contribution < 1.29 is 19.4 Å². The van der Waals surface area contributed by atoms with E-state index in [1.807, 2.05) is 36.4 Å². The Morgan fingerprint density at radius 2 is 1.64 bits per heavy atom. The summed E-state index contributed by atoms with van der Waals surface area (Å²) in [6, 6.07) is 18.3. The van der Waals surface area contributed by atoms with Crippen LogP contribution in [0, 0.1) is 0 Å². The number of carboxylic acids is 1. The number of carbonyl (C=O) groups is 2. The van der Waals surface area contributed by atoms with Crippen molar-refractivity contribution in [3.63, 3.8) is 0 Å². The summed E-state index contributed by atoms with van der Waals surface area (Å²) in [7, 11) is 0. The van der Waals surface area contributed by atoms with Crippen molar-refractivity contribution in [1.82, 2.24) is 4.90 Å². The number of piperidine rings is 1. The minimum Gasteiger partial charge on any atom is -0.479 e. The molecule has 0 aliphatic carbocycles. The number of nitrogens with zero attached hydrogens (tertiary/aromatic N) is 1. The molecule has 1 N–H and O–H groups in total. The van der Waals surface area contributed by atoms with Crippen LogP contribution in [0.5, 0.6) is 0 Å². The summed E-state index contributed by atoms with van der Waals surface area (Å²) in [6.45, 7) is 0.496. The quantitative estimate of drug-likeness (QED) is 0.920. The van der Waals surface area contributed by atoms with Crippen LogP contribution in [0.2, 0.25) is 0 Å². The highest BCUT2D eigenvalue weighted by Crippen LogP contribution is 2.38. The van der Waals surface area contributed by atoms with Gasteiger partial charge in [0.2, 0.25) is 0 Å². The van der Waals surface area contributed by atoms with Gasteiger partial charge in [-0.25, -0.2) is 9.59 Å². The fourth-order valence-corrected chi connectivity index (χ4v) is 3.38. The highest BCUT2D eigenvalue weighted by Gasteiger charge is 2.50. The van der Waals surface area contributed by atoms with Gasteiger partial charge in [-0.15, -0.1) is 0 Å². The van der Waals surface area contributed by atoms with Crippen LogP contribution in [-0.4, -0.2) is 28.6 Å². The average molecular weight is 339 g/mol. The Morgan fingerprint density at radius 1 is 1.00 bits per heavy atom. The second-order valence-corrected chi connectivity index (χ2v) is 6.18. The van der Waals surface area contributed by atoms with Crippen molar-refractivity contribution in [1.29, 1.82) is 0 Å². The smallest absolute Gasteiger partial charge is 0.411 e. The lowest BCUT2D eigenvalue weighted by molar-refractivity contribution is -0.154. The maximum atomic E-state index is 12.7. The third-order valence-corrected chi connectivity index (χ3v) is 4.66. The number of rotatable bonds is 4. The molecule has 25 heavy (non-hydrogen) atoms. The Morgan fingerprint density at radius 3 is 2.28 bits per heavy atom. The van der Waals surface area contributed by atoms with Crippen LogP contribution in [0.15, 0.2) is 60.7 Å². The van der Waals surface area contributed by atoms with Gasteiger partial charge >= 0.3 is 12.1 Å². The van der Waals surface area contributed by atoms with Gasteiger partial charge in [-0.1, -0.05) is 60.7 Å². The summed E-state index contributed by atoms with van der Waals surface area (Å²) in [5, 5.41) is 10.00. The first kappa shape index (κ1) is 17.0. The zero-order valence-electron chi connectivity index (χ0n) is 13.9. The molecule has 130 valence electrons. The molecule has 0 aromatic heterocycles. The molecule has 1 unspecified atom stereocenters. The van der Waals surface area contributed by atoms with Gasteiger partial charge in [-0.2, -0.15) is 0 Å². The Labute approximate surface area is 146 Å². The lowest BCUT2D eigenvalue weighted by Crippen LogP contribution is -2.57. The van der Waals surface area contributed by atoms with E-state index in [-0.39, 0.29) is 6.61 Å². The van der Waals surface area contributed by atoms with Crippen LogP contribution in [0.4, 0.5) is 4.79 Å². The lowest BCUT2D eigenvalue weighted by atomic mass is 9.80. The number of benzene rings is 2. The summed E-state index contributed by atoms with van der Waals surface area (Å²) in [4.78, 5) is 26.3. The molecule has 1 amide bonds. The second kappa shape index (κ2) is 7.38. The van der Waals surface area contributed by atoms with Gasteiger partial charge in [0.15, 0.2) is 5.54 Å². The average Bonchev–Trinajstić information content (AvgIpc) is 2.67. The van der Waals surface area contributed by atoms with E-state index in [9.17, 15) is 14.7 Å². The molecule has 1 fully saturated rings. The van der Waals surface area contributed by atoms with E-state index in [0.717, 1.165) is 18.4 Å². The van der Waals surface area contributed by atoms with Crippen molar-refractivity contribution >= 4 is 12.1 Å². The Kier molecular flexibility index (Phi) is 5.03. The Bertz CT molecular complexity index is 732. The number of likely N-dealkylation sites (tertiary alicyclic amines) is 1. The molecule has 5 nitrogen and oxygen atoms in total. The molecule has 3 rings (SSSR count). The zero-order valence-corrected chi connectivity index (χ0v) is 13.9. The van der Waals surface area contributed by atoms with Gasteiger partial charge < -0.3 is 9.84 Å². The van der Waals surface area contributed by atoms with E-state index in [4.69, 9.17) is 4.74 Å². The monoisotopic (exact) mass is 339 g/mol. The summed E-state index contributed by atoms with van der Waals surface area (Å²) in [5.41, 5.74) is 0.111. The van der Waals surface area contributed by atoms with Gasteiger partial charge in [0.05, 0.1) is 0 Å². The molecule has 1 heterocycles. The van der Waals surface area contributed by atoms with Gasteiger partial charge in [-0.3, -0.25) is 4.90 Å². The van der Waals surface area contributed by atoms with Crippen molar-refractivity contribution in [2.24, 2.45) is 0 Å². The summed E-state index contributed by atoms with van der Waals surface area (Å²) >= 11 is 0. The maximum Gasteiger partial charge on any atom is 0.411 e. The van der Waals surface area contributed by atoms with Gasteiger partial charge in [-0.05, 0) is 30.4 Å². The minimum atomic E-state index is -1.37. The largest absolute Gasteiger partial charge is 0.479 e. The molecule has 5 heteroatoms. The first-order valence-electron chi connectivity index (χ1n) is 8.42. The molecule has 0 bridgehead atoms. The van der Waals surface area contributed by atoms with Gasteiger partial charge in [0.25, 0.3) is 0 Å². The summed E-state index contributed by atoms with van der Waals surface area (Å²) in [6.07, 6.45) is 1.31. The topological polar surface area (TPSA) is 66.8 Å². The highest BCUT2D eigenvalue weighted by atomic mass is 16.6. The number of carboxylic acid groups (broad SMARTS) is 1. The second-order valence-electron chi connectivity index (χ2n) is 6.18. The van der Waals surface area contributed by atoms with Gasteiger partial charge in [0.1, 0.15) is 6.61 Å². The molecule has 1 atom stereocenters. The molecule has 0 saturated carbocycles. The van der Waals surface area contributed by atoms with Crippen molar-refractivity contribution in [2.75, 3.05) is 6.54 Å². The van der Waals surface area contributed by atoms with Crippen LogP contribution >= 0.6 is 0 Å². The number of hydrogen-bond acceptors (Lipinski definition) is 3. The molecule has 1 saturated heterocycles. The first-order valence-corrected chi connectivity index (χ1v) is 8.42. The maximum absolute atomic E-state index is 12.7.